The van der Waals surface area contributed by atoms with Crippen LogP contribution in [0.5, 0.6) is 5.75 Å². The normalized spacial score (nSPS) is 14.4. The molecular weight excluding hydrogens is 422 g/mol. The first kappa shape index (κ1) is 28.3. The SMILES string of the molecule is CCC(C)C(NC(=O)OC(C)(C)C)C(=O)N(C(C)C)C(C(=O)NC(C)C)c1ccccc1O. The van der Waals surface area contributed by atoms with Gasteiger partial charge in [-0.3, -0.25) is 9.59 Å². The molecule has 0 saturated heterocycles. The average Bonchev–Trinajstić information content (AvgIpc) is 2.67. The molecule has 1 aromatic rings. The Bertz CT molecular complexity index is 817. The van der Waals surface area contributed by atoms with Gasteiger partial charge in [0.2, 0.25) is 11.8 Å². The van der Waals surface area contributed by atoms with Gasteiger partial charge in [-0.05, 0) is 60.5 Å². The highest BCUT2D eigenvalue weighted by Crippen LogP contribution is 2.32. The van der Waals surface area contributed by atoms with E-state index in [1.807, 2.05) is 27.7 Å². The first-order valence-corrected chi connectivity index (χ1v) is 11.6. The third-order valence-electron chi connectivity index (χ3n) is 5.15. The van der Waals surface area contributed by atoms with Gasteiger partial charge < -0.3 is 25.4 Å². The largest absolute Gasteiger partial charge is 0.508 e. The van der Waals surface area contributed by atoms with Gasteiger partial charge >= 0.3 is 6.09 Å². The maximum atomic E-state index is 13.9. The summed E-state index contributed by atoms with van der Waals surface area (Å²) in [6.07, 6.45) is -0.0759. The predicted octanol–water partition coefficient (Wildman–Crippen LogP) is 4.13. The minimum atomic E-state index is -1.08. The van der Waals surface area contributed by atoms with Gasteiger partial charge in [0, 0.05) is 17.6 Å². The maximum Gasteiger partial charge on any atom is 0.408 e. The molecule has 8 heteroatoms. The van der Waals surface area contributed by atoms with Crippen molar-refractivity contribution in [1.29, 1.82) is 0 Å². The summed E-state index contributed by atoms with van der Waals surface area (Å²) in [6, 6.07) is 3.93. The number of hydrogen-bond acceptors (Lipinski definition) is 5. The molecule has 1 aromatic carbocycles. The van der Waals surface area contributed by atoms with E-state index in [0.29, 0.717) is 12.0 Å². The Morgan fingerprint density at radius 2 is 1.61 bits per heavy atom. The molecule has 0 fully saturated rings. The Kier molecular flexibility index (Phi) is 10.2. The van der Waals surface area contributed by atoms with Crippen molar-refractivity contribution >= 4 is 17.9 Å². The summed E-state index contributed by atoms with van der Waals surface area (Å²) in [5, 5.41) is 16.1. The summed E-state index contributed by atoms with van der Waals surface area (Å²) in [6.45, 7) is 16.3. The van der Waals surface area contributed by atoms with Crippen molar-refractivity contribution in [3.63, 3.8) is 0 Å². The van der Waals surface area contributed by atoms with Crippen LogP contribution < -0.4 is 10.6 Å². The molecule has 0 spiro atoms. The van der Waals surface area contributed by atoms with Gasteiger partial charge in [0.1, 0.15) is 23.4 Å². The fourth-order valence-electron chi connectivity index (χ4n) is 3.46. The Morgan fingerprint density at radius 1 is 1.03 bits per heavy atom. The van der Waals surface area contributed by atoms with Gasteiger partial charge in [0.05, 0.1) is 0 Å². The van der Waals surface area contributed by atoms with Crippen molar-refractivity contribution in [3.8, 4) is 5.75 Å². The van der Waals surface area contributed by atoms with Crippen LogP contribution in [0.25, 0.3) is 0 Å². The number of carbonyl (C=O) groups excluding carboxylic acids is 3. The number of amides is 3. The van der Waals surface area contributed by atoms with E-state index in [-0.39, 0.29) is 17.7 Å². The molecule has 0 radical (unpaired) electrons. The standard InChI is InChI=1S/C25H41N3O5/c1-10-17(6)20(27-24(32)33-25(7,8)9)23(31)28(16(4)5)21(22(30)26-15(2)3)18-13-11-12-14-19(18)29/h11-17,20-21,29H,10H2,1-9H3,(H,26,30)(H,27,32). The van der Waals surface area contributed by atoms with E-state index in [2.05, 4.69) is 10.6 Å². The first-order chi connectivity index (χ1) is 15.2. The summed E-state index contributed by atoms with van der Waals surface area (Å²) in [5.74, 6) is -1.13. The monoisotopic (exact) mass is 463 g/mol. The van der Waals surface area contributed by atoms with Crippen LogP contribution in [-0.4, -0.2) is 51.6 Å². The number of benzene rings is 1. The quantitative estimate of drug-likeness (QED) is 0.510. The lowest BCUT2D eigenvalue weighted by Crippen LogP contribution is -2.57. The molecule has 33 heavy (non-hydrogen) atoms. The molecule has 8 nitrogen and oxygen atoms in total. The molecule has 1 rings (SSSR count). The zero-order valence-electron chi connectivity index (χ0n) is 21.4. The van der Waals surface area contributed by atoms with Gasteiger partial charge in [-0.2, -0.15) is 0 Å². The van der Waals surface area contributed by atoms with Crippen LogP contribution in [0.4, 0.5) is 4.79 Å². The molecule has 186 valence electrons. The fourth-order valence-corrected chi connectivity index (χ4v) is 3.46. The van der Waals surface area contributed by atoms with E-state index in [0.717, 1.165) is 0 Å². The number of rotatable bonds is 9. The molecule has 0 aromatic heterocycles. The van der Waals surface area contributed by atoms with Crippen molar-refractivity contribution in [1.82, 2.24) is 15.5 Å². The summed E-state index contributed by atoms with van der Waals surface area (Å²) in [7, 11) is 0. The minimum Gasteiger partial charge on any atom is -0.508 e. The second kappa shape index (κ2) is 11.9. The summed E-state index contributed by atoms with van der Waals surface area (Å²) in [5.41, 5.74) is -0.404. The molecule has 3 atom stereocenters. The van der Waals surface area contributed by atoms with Crippen molar-refractivity contribution < 1.29 is 24.2 Å². The molecule has 0 heterocycles. The van der Waals surface area contributed by atoms with Gasteiger partial charge in [0.15, 0.2) is 0 Å². The summed E-state index contributed by atoms with van der Waals surface area (Å²) >= 11 is 0. The van der Waals surface area contributed by atoms with E-state index in [1.54, 1.807) is 52.8 Å². The number of phenolic OH excluding ortho intramolecular Hbond substituents is 1. The van der Waals surface area contributed by atoms with Crippen molar-refractivity contribution in [2.75, 3.05) is 0 Å². The Balaban J connectivity index is 3.50. The number of hydrogen-bond donors (Lipinski definition) is 3. The first-order valence-electron chi connectivity index (χ1n) is 11.6. The molecule has 0 aliphatic heterocycles. The van der Waals surface area contributed by atoms with E-state index in [1.165, 1.54) is 11.0 Å². The molecule has 3 amide bonds. The molecule has 3 unspecified atom stereocenters. The lowest BCUT2D eigenvalue weighted by Gasteiger charge is -2.38. The molecule has 0 bridgehead atoms. The number of nitrogens with zero attached hydrogens (tertiary/aromatic N) is 1. The zero-order valence-corrected chi connectivity index (χ0v) is 21.4. The van der Waals surface area contributed by atoms with Crippen LogP contribution in [0, 0.1) is 5.92 Å². The molecule has 0 saturated carbocycles. The zero-order chi connectivity index (χ0) is 25.5. The smallest absolute Gasteiger partial charge is 0.408 e. The van der Waals surface area contributed by atoms with E-state index >= 15 is 0 Å². The fraction of sp³-hybridized carbons (Fsp3) is 0.640. The Labute approximate surface area is 198 Å². The Hall–Kier alpha value is -2.77. The number of alkyl carbamates (subject to hydrolysis) is 1. The topological polar surface area (TPSA) is 108 Å². The van der Waals surface area contributed by atoms with Crippen LogP contribution in [0.2, 0.25) is 0 Å². The van der Waals surface area contributed by atoms with Gasteiger partial charge in [-0.25, -0.2) is 4.79 Å². The number of ether oxygens (including phenoxy) is 1. The maximum absolute atomic E-state index is 13.9. The van der Waals surface area contributed by atoms with E-state index in [4.69, 9.17) is 4.74 Å². The third kappa shape index (κ3) is 8.26. The highest BCUT2D eigenvalue weighted by Gasteiger charge is 2.40. The highest BCUT2D eigenvalue weighted by molar-refractivity contribution is 5.93. The number of phenols is 1. The predicted molar refractivity (Wildman–Crippen MR) is 129 cm³/mol. The van der Waals surface area contributed by atoms with Crippen LogP contribution in [0.15, 0.2) is 24.3 Å². The van der Waals surface area contributed by atoms with Crippen LogP contribution in [-0.2, 0) is 14.3 Å². The number of carbonyl (C=O) groups is 3. The van der Waals surface area contributed by atoms with Crippen molar-refractivity contribution in [2.45, 2.75) is 98.5 Å². The summed E-state index contributed by atoms with van der Waals surface area (Å²) < 4.78 is 5.38. The van der Waals surface area contributed by atoms with E-state index in [9.17, 15) is 19.5 Å². The van der Waals surface area contributed by atoms with Crippen LogP contribution >= 0.6 is 0 Å². The molecule has 3 N–H and O–H groups in total. The summed E-state index contributed by atoms with van der Waals surface area (Å²) in [4.78, 5) is 41.2. The third-order valence-corrected chi connectivity index (χ3v) is 5.15. The second-order valence-electron chi connectivity index (χ2n) is 9.97. The van der Waals surface area contributed by atoms with Crippen LogP contribution in [0.1, 0.15) is 80.3 Å². The number of para-hydroxylation sites is 1. The van der Waals surface area contributed by atoms with Crippen LogP contribution in [0.3, 0.4) is 0 Å². The molecule has 0 aliphatic rings. The second-order valence-corrected chi connectivity index (χ2v) is 9.97. The number of aromatic hydroxyl groups is 1. The highest BCUT2D eigenvalue weighted by atomic mass is 16.6. The van der Waals surface area contributed by atoms with E-state index < -0.39 is 41.6 Å². The minimum absolute atomic E-state index is 0.0833. The Morgan fingerprint density at radius 3 is 2.06 bits per heavy atom. The molecule has 0 aliphatic carbocycles. The van der Waals surface area contributed by atoms with Gasteiger partial charge in [-0.1, -0.05) is 38.5 Å². The molecular formula is C25H41N3O5. The van der Waals surface area contributed by atoms with Gasteiger partial charge in [0.25, 0.3) is 0 Å². The average molecular weight is 464 g/mol. The lowest BCUT2D eigenvalue weighted by atomic mass is 9.94. The van der Waals surface area contributed by atoms with Crippen molar-refractivity contribution in [3.05, 3.63) is 29.8 Å². The lowest BCUT2D eigenvalue weighted by molar-refractivity contribution is -0.145. The van der Waals surface area contributed by atoms with Gasteiger partial charge in [-0.15, -0.1) is 0 Å². The van der Waals surface area contributed by atoms with Crippen molar-refractivity contribution in [2.24, 2.45) is 5.92 Å². The number of nitrogens with one attached hydrogen (secondary N) is 2.